The van der Waals surface area contributed by atoms with Crippen LogP contribution in [0.5, 0.6) is 0 Å². The fourth-order valence-electron chi connectivity index (χ4n) is 2.15. The van der Waals surface area contributed by atoms with Gasteiger partial charge in [-0.3, -0.25) is 4.79 Å². The van der Waals surface area contributed by atoms with Crippen LogP contribution in [0.3, 0.4) is 0 Å². The number of rotatable bonds is 6. The van der Waals surface area contributed by atoms with Crippen LogP contribution in [0, 0.1) is 0 Å². The van der Waals surface area contributed by atoms with Gasteiger partial charge in [0.25, 0.3) is 5.91 Å². The summed E-state index contributed by atoms with van der Waals surface area (Å²) in [5.74, 6) is -0.878. The lowest BCUT2D eigenvalue weighted by Crippen LogP contribution is -2.39. The van der Waals surface area contributed by atoms with Gasteiger partial charge in [-0.15, -0.1) is 0 Å². The van der Waals surface area contributed by atoms with E-state index in [1.54, 1.807) is 5.32 Å². The zero-order valence-electron chi connectivity index (χ0n) is 13.8. The van der Waals surface area contributed by atoms with Gasteiger partial charge in [-0.05, 0) is 24.6 Å². The SMILES string of the molecule is CC(ON=Cc1ccc(N2CCOCC2)cc1)C(=O)NCC(F)(F)F. The first kappa shape index (κ1) is 19.0. The van der Waals surface area contributed by atoms with Crippen molar-refractivity contribution in [1.29, 1.82) is 0 Å². The Bertz CT molecular complexity index is 585. The summed E-state index contributed by atoms with van der Waals surface area (Å²) in [7, 11) is 0. The van der Waals surface area contributed by atoms with Crippen molar-refractivity contribution in [1.82, 2.24) is 5.32 Å². The zero-order chi connectivity index (χ0) is 18.3. The fraction of sp³-hybridized carbons (Fsp3) is 0.500. The molecule has 0 radical (unpaired) electrons. The lowest BCUT2D eigenvalue weighted by molar-refractivity contribution is -0.144. The predicted molar refractivity (Wildman–Crippen MR) is 86.7 cm³/mol. The van der Waals surface area contributed by atoms with Crippen molar-refractivity contribution in [3.8, 4) is 0 Å². The van der Waals surface area contributed by atoms with Crippen LogP contribution in [0.4, 0.5) is 18.9 Å². The van der Waals surface area contributed by atoms with E-state index >= 15 is 0 Å². The number of hydrogen-bond acceptors (Lipinski definition) is 5. The van der Waals surface area contributed by atoms with E-state index in [2.05, 4.69) is 10.1 Å². The summed E-state index contributed by atoms with van der Waals surface area (Å²) in [5.41, 5.74) is 1.82. The molecule has 25 heavy (non-hydrogen) atoms. The number of nitrogens with zero attached hydrogens (tertiary/aromatic N) is 2. The normalized spacial score (nSPS) is 16.7. The van der Waals surface area contributed by atoms with Crippen LogP contribution in [-0.4, -0.2) is 57.3 Å². The van der Waals surface area contributed by atoms with Gasteiger partial charge in [0.15, 0.2) is 0 Å². The minimum Gasteiger partial charge on any atom is -0.383 e. The van der Waals surface area contributed by atoms with Crippen LogP contribution >= 0.6 is 0 Å². The van der Waals surface area contributed by atoms with Gasteiger partial charge in [-0.2, -0.15) is 13.2 Å². The Morgan fingerprint density at radius 2 is 2.00 bits per heavy atom. The molecule has 0 spiro atoms. The molecule has 1 amide bonds. The Morgan fingerprint density at radius 1 is 1.36 bits per heavy atom. The monoisotopic (exact) mass is 359 g/mol. The summed E-state index contributed by atoms with van der Waals surface area (Å²) in [6.07, 6.45) is -4.18. The number of benzene rings is 1. The number of oxime groups is 1. The largest absolute Gasteiger partial charge is 0.405 e. The molecule has 1 aromatic carbocycles. The number of anilines is 1. The van der Waals surface area contributed by atoms with E-state index in [1.165, 1.54) is 13.1 Å². The van der Waals surface area contributed by atoms with E-state index in [1.807, 2.05) is 24.3 Å². The standard InChI is InChI=1S/C16H20F3N3O3/c1-12(15(23)20-11-16(17,18)19)25-21-10-13-2-4-14(5-3-13)22-6-8-24-9-7-22/h2-5,10,12H,6-9,11H2,1H3,(H,20,23). The van der Waals surface area contributed by atoms with E-state index < -0.39 is 24.7 Å². The molecule has 1 fully saturated rings. The summed E-state index contributed by atoms with van der Waals surface area (Å²) in [6.45, 7) is 3.00. The van der Waals surface area contributed by atoms with Crippen molar-refractivity contribution in [2.45, 2.75) is 19.2 Å². The number of halogens is 3. The molecule has 1 saturated heterocycles. The van der Waals surface area contributed by atoms with Crippen molar-refractivity contribution >= 4 is 17.8 Å². The van der Waals surface area contributed by atoms with Gasteiger partial charge in [0.05, 0.1) is 19.4 Å². The minimum absolute atomic E-state index is 0.700. The Hall–Kier alpha value is -2.29. The highest BCUT2D eigenvalue weighted by Gasteiger charge is 2.29. The van der Waals surface area contributed by atoms with Gasteiger partial charge in [-0.25, -0.2) is 0 Å². The van der Waals surface area contributed by atoms with E-state index in [4.69, 9.17) is 9.57 Å². The van der Waals surface area contributed by atoms with Gasteiger partial charge in [0.2, 0.25) is 6.10 Å². The van der Waals surface area contributed by atoms with Crippen LogP contribution < -0.4 is 10.2 Å². The van der Waals surface area contributed by atoms with Crippen molar-refractivity contribution in [2.75, 3.05) is 37.7 Å². The number of amides is 1. The molecule has 0 saturated carbocycles. The zero-order valence-corrected chi connectivity index (χ0v) is 13.8. The first-order valence-electron chi connectivity index (χ1n) is 7.81. The average molecular weight is 359 g/mol. The molecule has 1 atom stereocenters. The van der Waals surface area contributed by atoms with Crippen LogP contribution in [0.15, 0.2) is 29.4 Å². The first-order chi connectivity index (χ1) is 11.8. The van der Waals surface area contributed by atoms with Crippen molar-refractivity contribution in [3.63, 3.8) is 0 Å². The van der Waals surface area contributed by atoms with Crippen LogP contribution in [0.2, 0.25) is 0 Å². The van der Waals surface area contributed by atoms with E-state index in [0.717, 1.165) is 24.3 Å². The van der Waals surface area contributed by atoms with Gasteiger partial charge in [0, 0.05) is 18.8 Å². The Kier molecular flexibility index (Phi) is 6.63. The number of carbonyl (C=O) groups is 1. The highest BCUT2D eigenvalue weighted by molar-refractivity contribution is 5.81. The maximum absolute atomic E-state index is 12.0. The second-order valence-corrected chi connectivity index (χ2v) is 5.51. The summed E-state index contributed by atoms with van der Waals surface area (Å²) >= 11 is 0. The molecule has 0 bridgehead atoms. The average Bonchev–Trinajstić information content (AvgIpc) is 2.60. The molecule has 9 heteroatoms. The molecule has 1 heterocycles. The van der Waals surface area contributed by atoms with E-state index in [9.17, 15) is 18.0 Å². The van der Waals surface area contributed by atoms with Gasteiger partial charge < -0.3 is 19.8 Å². The molecular weight excluding hydrogens is 339 g/mol. The predicted octanol–water partition coefficient (Wildman–Crippen LogP) is 1.94. The summed E-state index contributed by atoms with van der Waals surface area (Å²) in [6, 6.07) is 7.55. The van der Waals surface area contributed by atoms with Crippen molar-refractivity contribution in [2.24, 2.45) is 5.16 Å². The van der Waals surface area contributed by atoms with Crippen molar-refractivity contribution in [3.05, 3.63) is 29.8 Å². The van der Waals surface area contributed by atoms with Gasteiger partial charge in [0.1, 0.15) is 6.54 Å². The number of carbonyl (C=O) groups excluding carboxylic acids is 1. The van der Waals surface area contributed by atoms with Crippen LogP contribution in [0.25, 0.3) is 0 Å². The topological polar surface area (TPSA) is 63.2 Å². The number of ether oxygens (including phenoxy) is 1. The molecule has 2 rings (SSSR count). The van der Waals surface area contributed by atoms with Gasteiger partial charge >= 0.3 is 6.18 Å². The molecule has 6 nitrogen and oxygen atoms in total. The van der Waals surface area contributed by atoms with Gasteiger partial charge in [-0.1, -0.05) is 17.3 Å². The third-order valence-electron chi connectivity index (χ3n) is 3.52. The van der Waals surface area contributed by atoms with E-state index in [-0.39, 0.29) is 0 Å². The first-order valence-corrected chi connectivity index (χ1v) is 7.81. The number of hydrogen-bond donors (Lipinski definition) is 1. The number of alkyl halides is 3. The Labute approximate surface area is 143 Å². The highest BCUT2D eigenvalue weighted by atomic mass is 19.4. The second kappa shape index (κ2) is 8.70. The van der Waals surface area contributed by atoms with E-state index in [0.29, 0.717) is 13.2 Å². The van der Waals surface area contributed by atoms with Crippen molar-refractivity contribution < 1.29 is 27.5 Å². The molecule has 1 unspecified atom stereocenters. The number of morpholine rings is 1. The highest BCUT2D eigenvalue weighted by Crippen LogP contribution is 2.16. The fourth-order valence-corrected chi connectivity index (χ4v) is 2.15. The summed E-state index contributed by atoms with van der Waals surface area (Å²) in [5, 5.41) is 5.38. The summed E-state index contributed by atoms with van der Waals surface area (Å²) in [4.78, 5) is 18.5. The lowest BCUT2D eigenvalue weighted by Gasteiger charge is -2.28. The third-order valence-corrected chi connectivity index (χ3v) is 3.52. The molecule has 1 aromatic rings. The molecule has 0 aliphatic carbocycles. The molecule has 1 N–H and O–H groups in total. The molecule has 138 valence electrons. The summed E-state index contributed by atoms with van der Waals surface area (Å²) < 4.78 is 41.4. The maximum Gasteiger partial charge on any atom is 0.405 e. The molecule has 1 aliphatic heterocycles. The van der Waals surface area contributed by atoms with Crippen LogP contribution in [-0.2, 0) is 14.4 Å². The van der Waals surface area contributed by atoms with Crippen LogP contribution in [0.1, 0.15) is 12.5 Å². The Balaban J connectivity index is 1.80. The maximum atomic E-state index is 12.0. The third kappa shape index (κ3) is 6.61. The minimum atomic E-state index is -4.46. The lowest BCUT2D eigenvalue weighted by atomic mass is 10.2. The second-order valence-electron chi connectivity index (χ2n) is 5.51. The Morgan fingerprint density at radius 3 is 2.60 bits per heavy atom. The molecule has 1 aliphatic rings. The molecule has 0 aromatic heterocycles. The molecular formula is C16H20F3N3O3. The smallest absolute Gasteiger partial charge is 0.383 e. The quantitative estimate of drug-likeness (QED) is 0.623. The number of nitrogens with one attached hydrogen (secondary N) is 1.